The normalized spacial score (nSPS) is 11.4. The smallest absolute Gasteiger partial charge is 0.341 e. The van der Waals surface area contributed by atoms with Crippen molar-refractivity contribution >= 4 is 23.0 Å². The number of rotatable bonds is 5. The van der Waals surface area contributed by atoms with Crippen LogP contribution in [-0.4, -0.2) is 28.6 Å². The van der Waals surface area contributed by atoms with Gasteiger partial charge in [0, 0.05) is 5.56 Å². The zero-order chi connectivity index (χ0) is 15.4. The van der Waals surface area contributed by atoms with E-state index in [1.54, 1.807) is 0 Å². The number of carbonyl (C=O) groups is 1. The lowest BCUT2D eigenvalue weighted by Gasteiger charge is -2.13. The standard InChI is InChI=1S/C15H15NO4S/c1-9-6-11(14(16-19)12-4-3-5-21-12)7-10(2)15(9)20-8-13(17)18/h3-7,19H,8H2,1-2H3,(H,17,18)/b16-14+. The number of benzene rings is 1. The lowest BCUT2D eigenvalue weighted by Crippen LogP contribution is -2.11. The third-order valence-corrected chi connectivity index (χ3v) is 3.80. The average molecular weight is 305 g/mol. The van der Waals surface area contributed by atoms with E-state index in [2.05, 4.69) is 5.16 Å². The largest absolute Gasteiger partial charge is 0.481 e. The Bertz CT molecular complexity index is 654. The van der Waals surface area contributed by atoms with Gasteiger partial charge in [-0.25, -0.2) is 4.79 Å². The number of ether oxygens (including phenoxy) is 1. The minimum absolute atomic E-state index is 0.382. The molecular weight excluding hydrogens is 290 g/mol. The van der Waals surface area contributed by atoms with Gasteiger partial charge in [0.25, 0.3) is 0 Å². The lowest BCUT2D eigenvalue weighted by molar-refractivity contribution is -0.139. The van der Waals surface area contributed by atoms with E-state index in [1.807, 2.05) is 43.5 Å². The Balaban J connectivity index is 2.37. The zero-order valence-corrected chi connectivity index (χ0v) is 12.5. The summed E-state index contributed by atoms with van der Waals surface area (Å²) >= 11 is 1.48. The molecule has 0 amide bonds. The molecule has 0 saturated carbocycles. The molecule has 2 aromatic rings. The summed E-state index contributed by atoms with van der Waals surface area (Å²) in [5.41, 5.74) is 2.84. The molecule has 2 N–H and O–H groups in total. The summed E-state index contributed by atoms with van der Waals surface area (Å²) in [6, 6.07) is 7.40. The number of hydrogen-bond donors (Lipinski definition) is 2. The van der Waals surface area contributed by atoms with Crippen LogP contribution in [-0.2, 0) is 4.79 Å². The van der Waals surface area contributed by atoms with Crippen molar-refractivity contribution in [3.8, 4) is 5.75 Å². The molecule has 1 heterocycles. The summed E-state index contributed by atoms with van der Waals surface area (Å²) in [5.74, 6) is -0.473. The van der Waals surface area contributed by atoms with E-state index in [0.29, 0.717) is 11.5 Å². The monoisotopic (exact) mass is 305 g/mol. The highest BCUT2D eigenvalue weighted by atomic mass is 32.1. The van der Waals surface area contributed by atoms with Gasteiger partial charge in [-0.05, 0) is 48.6 Å². The highest BCUT2D eigenvalue weighted by Gasteiger charge is 2.14. The minimum Gasteiger partial charge on any atom is -0.481 e. The number of oxime groups is 1. The molecule has 0 aliphatic heterocycles. The van der Waals surface area contributed by atoms with Crippen molar-refractivity contribution in [1.29, 1.82) is 0 Å². The van der Waals surface area contributed by atoms with Crippen LogP contribution >= 0.6 is 11.3 Å². The first-order valence-corrected chi connectivity index (χ1v) is 7.13. The fourth-order valence-corrected chi connectivity index (χ4v) is 2.84. The second kappa shape index (κ2) is 6.41. The molecule has 1 aromatic heterocycles. The molecule has 0 aliphatic rings. The van der Waals surface area contributed by atoms with Crippen LogP contribution in [0, 0.1) is 13.8 Å². The van der Waals surface area contributed by atoms with Crippen LogP contribution in [0.4, 0.5) is 0 Å². The number of carboxylic acid groups (broad SMARTS) is 1. The van der Waals surface area contributed by atoms with Crippen molar-refractivity contribution in [3.63, 3.8) is 0 Å². The highest BCUT2D eigenvalue weighted by Crippen LogP contribution is 2.27. The van der Waals surface area contributed by atoms with E-state index in [-0.39, 0.29) is 6.61 Å². The fraction of sp³-hybridized carbons (Fsp3) is 0.200. The van der Waals surface area contributed by atoms with Crippen molar-refractivity contribution in [2.24, 2.45) is 5.16 Å². The van der Waals surface area contributed by atoms with E-state index in [1.165, 1.54) is 11.3 Å². The molecule has 0 aliphatic carbocycles. The first kappa shape index (κ1) is 15.1. The topological polar surface area (TPSA) is 79.1 Å². The van der Waals surface area contributed by atoms with Crippen LogP contribution in [0.25, 0.3) is 0 Å². The van der Waals surface area contributed by atoms with E-state index in [4.69, 9.17) is 9.84 Å². The second-order valence-electron chi connectivity index (χ2n) is 4.55. The maximum Gasteiger partial charge on any atom is 0.341 e. The lowest BCUT2D eigenvalue weighted by atomic mass is 10.0. The molecule has 0 atom stereocenters. The maximum absolute atomic E-state index is 10.6. The number of aliphatic carboxylic acids is 1. The molecule has 0 fully saturated rings. The van der Waals surface area contributed by atoms with Crippen LogP contribution in [0.15, 0.2) is 34.8 Å². The molecule has 0 bridgehead atoms. The first-order valence-electron chi connectivity index (χ1n) is 6.25. The second-order valence-corrected chi connectivity index (χ2v) is 5.50. The van der Waals surface area contributed by atoms with Gasteiger partial charge in [0.2, 0.25) is 0 Å². The molecule has 0 unspecified atom stereocenters. The third kappa shape index (κ3) is 3.41. The Labute approximate surface area is 126 Å². The predicted molar refractivity (Wildman–Crippen MR) is 80.8 cm³/mol. The van der Waals surface area contributed by atoms with Gasteiger partial charge in [0.15, 0.2) is 6.61 Å². The van der Waals surface area contributed by atoms with Crippen molar-refractivity contribution in [2.75, 3.05) is 6.61 Å². The van der Waals surface area contributed by atoms with Crippen LogP contribution in [0.1, 0.15) is 21.6 Å². The molecule has 1 aromatic carbocycles. The molecule has 0 saturated heterocycles. The molecule has 110 valence electrons. The van der Waals surface area contributed by atoms with Gasteiger partial charge >= 0.3 is 5.97 Å². The Hall–Kier alpha value is -2.34. The van der Waals surface area contributed by atoms with Crippen molar-refractivity contribution in [1.82, 2.24) is 0 Å². The first-order chi connectivity index (χ1) is 10.0. The quantitative estimate of drug-likeness (QED) is 0.505. The third-order valence-electron chi connectivity index (χ3n) is 2.93. The number of nitrogens with zero attached hydrogens (tertiary/aromatic N) is 1. The number of aryl methyl sites for hydroxylation is 2. The number of carboxylic acids is 1. The van der Waals surface area contributed by atoms with E-state index in [9.17, 15) is 10.0 Å². The minimum atomic E-state index is -1.02. The Morgan fingerprint density at radius 3 is 2.48 bits per heavy atom. The van der Waals surface area contributed by atoms with Crippen LogP contribution in [0.5, 0.6) is 5.75 Å². The molecular formula is C15H15NO4S. The Morgan fingerprint density at radius 1 is 1.33 bits per heavy atom. The molecule has 5 nitrogen and oxygen atoms in total. The van der Waals surface area contributed by atoms with Gasteiger partial charge < -0.3 is 15.1 Å². The number of thiophene rings is 1. The zero-order valence-electron chi connectivity index (χ0n) is 11.7. The predicted octanol–water partition coefficient (Wildman–Crippen LogP) is 3.05. The van der Waals surface area contributed by atoms with Crippen LogP contribution in [0.2, 0.25) is 0 Å². The average Bonchev–Trinajstić information content (AvgIpc) is 2.92. The fourth-order valence-electron chi connectivity index (χ4n) is 2.11. The number of hydrogen-bond acceptors (Lipinski definition) is 5. The molecule has 0 radical (unpaired) electrons. The summed E-state index contributed by atoms with van der Waals surface area (Å²) in [6.45, 7) is 3.28. The summed E-state index contributed by atoms with van der Waals surface area (Å²) in [7, 11) is 0. The molecule has 6 heteroatoms. The van der Waals surface area contributed by atoms with Crippen molar-refractivity contribution < 1.29 is 19.8 Å². The summed E-state index contributed by atoms with van der Waals surface area (Å²) in [6.07, 6.45) is 0. The summed E-state index contributed by atoms with van der Waals surface area (Å²) in [4.78, 5) is 11.5. The van der Waals surface area contributed by atoms with E-state index < -0.39 is 5.97 Å². The van der Waals surface area contributed by atoms with Crippen molar-refractivity contribution in [3.05, 3.63) is 51.2 Å². The highest BCUT2D eigenvalue weighted by molar-refractivity contribution is 7.12. The molecule has 0 spiro atoms. The van der Waals surface area contributed by atoms with Gasteiger partial charge in [0.1, 0.15) is 11.5 Å². The summed E-state index contributed by atoms with van der Waals surface area (Å²) < 4.78 is 5.29. The van der Waals surface area contributed by atoms with Crippen molar-refractivity contribution in [2.45, 2.75) is 13.8 Å². The van der Waals surface area contributed by atoms with E-state index in [0.717, 1.165) is 21.6 Å². The van der Waals surface area contributed by atoms with Crippen LogP contribution in [0.3, 0.4) is 0 Å². The maximum atomic E-state index is 10.6. The van der Waals surface area contributed by atoms with Gasteiger partial charge in [-0.1, -0.05) is 11.2 Å². The van der Waals surface area contributed by atoms with Crippen LogP contribution < -0.4 is 4.74 Å². The van der Waals surface area contributed by atoms with Gasteiger partial charge in [0.05, 0.1) is 4.88 Å². The molecule has 2 rings (SSSR count). The van der Waals surface area contributed by atoms with E-state index >= 15 is 0 Å². The van der Waals surface area contributed by atoms with Gasteiger partial charge in [-0.2, -0.15) is 0 Å². The Kier molecular flexibility index (Phi) is 4.59. The summed E-state index contributed by atoms with van der Waals surface area (Å²) in [5, 5.41) is 23.2. The Morgan fingerprint density at radius 2 is 2.00 bits per heavy atom. The van der Waals surface area contributed by atoms with Gasteiger partial charge in [-0.15, -0.1) is 11.3 Å². The molecule has 21 heavy (non-hydrogen) atoms. The van der Waals surface area contributed by atoms with Gasteiger partial charge in [-0.3, -0.25) is 0 Å². The SMILES string of the molecule is Cc1cc(/C(=N\O)c2cccs2)cc(C)c1OCC(=O)O.